The van der Waals surface area contributed by atoms with E-state index in [-0.39, 0.29) is 11.7 Å². The van der Waals surface area contributed by atoms with E-state index < -0.39 is 6.09 Å². The summed E-state index contributed by atoms with van der Waals surface area (Å²) in [5, 5.41) is 9.54. The van der Waals surface area contributed by atoms with Crippen LogP contribution in [0.5, 0.6) is 0 Å². The van der Waals surface area contributed by atoms with Gasteiger partial charge < -0.3 is 5.11 Å². The summed E-state index contributed by atoms with van der Waals surface area (Å²) >= 11 is 0. The smallest absolute Gasteiger partial charge is 0.409 e. The minimum atomic E-state index is -0.800. The quantitative estimate of drug-likeness (QED) is 0.838. The summed E-state index contributed by atoms with van der Waals surface area (Å²) in [7, 11) is 0. The monoisotopic (exact) mass is 256 g/mol. The molecule has 106 valence electrons. The number of amides is 1. The van der Waals surface area contributed by atoms with Crippen molar-refractivity contribution < 1.29 is 9.90 Å². The van der Waals surface area contributed by atoms with E-state index in [0.29, 0.717) is 0 Å². The predicted molar refractivity (Wildman–Crippen MR) is 73.7 cm³/mol. The van der Waals surface area contributed by atoms with Gasteiger partial charge in [0, 0.05) is 18.6 Å². The van der Waals surface area contributed by atoms with Gasteiger partial charge in [-0.15, -0.1) is 0 Å². The number of carboxylic acid groups (broad SMARTS) is 1. The second-order valence-corrected chi connectivity index (χ2v) is 6.19. The number of hydrogen-bond acceptors (Lipinski definition) is 2. The van der Waals surface area contributed by atoms with Crippen LogP contribution < -0.4 is 0 Å². The Hall–Kier alpha value is -0.770. The van der Waals surface area contributed by atoms with Gasteiger partial charge in [-0.3, -0.25) is 9.80 Å². The van der Waals surface area contributed by atoms with Crippen LogP contribution >= 0.6 is 0 Å². The molecule has 1 rings (SSSR count). The molecule has 0 saturated carbocycles. The lowest BCUT2D eigenvalue weighted by atomic mass is 10.0. The van der Waals surface area contributed by atoms with Crippen LogP contribution in [0.2, 0.25) is 0 Å². The summed E-state index contributed by atoms with van der Waals surface area (Å²) in [6.07, 6.45) is 4.83. The number of nitrogens with zero attached hydrogens (tertiary/aromatic N) is 2. The van der Waals surface area contributed by atoms with Gasteiger partial charge in [0.25, 0.3) is 0 Å². The van der Waals surface area contributed by atoms with Gasteiger partial charge in [-0.25, -0.2) is 4.79 Å². The lowest BCUT2D eigenvalue weighted by molar-refractivity contribution is -0.0161. The average molecular weight is 256 g/mol. The van der Waals surface area contributed by atoms with Gasteiger partial charge in [0.1, 0.15) is 0 Å². The molecule has 18 heavy (non-hydrogen) atoms. The van der Waals surface area contributed by atoms with E-state index >= 15 is 0 Å². The van der Waals surface area contributed by atoms with Crippen molar-refractivity contribution in [2.24, 2.45) is 0 Å². The fourth-order valence-corrected chi connectivity index (χ4v) is 2.81. The summed E-state index contributed by atoms with van der Waals surface area (Å²) < 4.78 is 0. The van der Waals surface area contributed by atoms with Crippen molar-refractivity contribution in [3.63, 3.8) is 0 Å². The van der Waals surface area contributed by atoms with Crippen molar-refractivity contribution in [2.75, 3.05) is 13.1 Å². The van der Waals surface area contributed by atoms with Crippen LogP contribution in [0, 0.1) is 0 Å². The van der Waals surface area contributed by atoms with E-state index in [1.54, 1.807) is 4.90 Å². The highest BCUT2D eigenvalue weighted by atomic mass is 16.4. The first kappa shape index (κ1) is 15.3. The molecule has 1 unspecified atom stereocenters. The summed E-state index contributed by atoms with van der Waals surface area (Å²) in [6.45, 7) is 10.1. The Bertz CT molecular complexity index is 267. The van der Waals surface area contributed by atoms with Crippen LogP contribution in [-0.2, 0) is 0 Å². The van der Waals surface area contributed by atoms with E-state index in [1.165, 1.54) is 19.3 Å². The molecule has 1 atom stereocenters. The molecule has 0 aromatic heterocycles. The molecule has 0 radical (unpaired) electrons. The van der Waals surface area contributed by atoms with Gasteiger partial charge in [-0.05, 0) is 40.0 Å². The number of carbonyl (C=O) groups is 1. The largest absolute Gasteiger partial charge is 0.465 e. The maximum atomic E-state index is 11.6. The molecular formula is C14H28N2O2. The predicted octanol–water partition coefficient (Wildman–Crippen LogP) is 3.38. The summed E-state index contributed by atoms with van der Waals surface area (Å²) in [4.78, 5) is 15.6. The molecule has 1 fully saturated rings. The number of likely N-dealkylation sites (tertiary alicyclic amines) is 1. The standard InChI is InChI=1S/C14H28N2O2/c1-5-9-12(15-10-7-6-8-11-15)16(13(17)18)14(2,3)4/h12H,5-11H2,1-4H3,(H,17,18). The zero-order valence-electron chi connectivity index (χ0n) is 12.3. The van der Waals surface area contributed by atoms with Gasteiger partial charge in [-0.2, -0.15) is 0 Å². The second kappa shape index (κ2) is 6.41. The molecule has 0 bridgehead atoms. The van der Waals surface area contributed by atoms with Crippen molar-refractivity contribution in [3.8, 4) is 0 Å². The molecule has 1 heterocycles. The van der Waals surface area contributed by atoms with Crippen molar-refractivity contribution in [3.05, 3.63) is 0 Å². The number of rotatable bonds is 4. The zero-order valence-corrected chi connectivity index (χ0v) is 12.3. The van der Waals surface area contributed by atoms with Crippen LogP contribution in [0.25, 0.3) is 0 Å². The molecule has 0 aromatic carbocycles. The topological polar surface area (TPSA) is 43.8 Å². The SMILES string of the molecule is CCCC(N1CCCCC1)N(C(=O)O)C(C)(C)C. The molecule has 1 N–H and O–H groups in total. The van der Waals surface area contributed by atoms with Crippen molar-refractivity contribution in [1.82, 2.24) is 9.80 Å². The molecule has 1 aliphatic rings. The third kappa shape index (κ3) is 3.87. The fraction of sp³-hybridized carbons (Fsp3) is 0.929. The molecule has 4 nitrogen and oxygen atoms in total. The highest BCUT2D eigenvalue weighted by molar-refractivity contribution is 5.66. The highest BCUT2D eigenvalue weighted by Crippen LogP contribution is 2.25. The molecule has 0 spiro atoms. The molecule has 1 amide bonds. The maximum absolute atomic E-state index is 11.6. The van der Waals surface area contributed by atoms with Crippen LogP contribution in [-0.4, -0.2) is 45.8 Å². The Morgan fingerprint density at radius 1 is 1.28 bits per heavy atom. The molecular weight excluding hydrogens is 228 g/mol. The lowest BCUT2D eigenvalue weighted by Gasteiger charge is -2.46. The summed E-state index contributed by atoms with van der Waals surface area (Å²) in [5.74, 6) is 0. The molecule has 4 heteroatoms. The van der Waals surface area contributed by atoms with Crippen LogP contribution in [0.4, 0.5) is 4.79 Å². The third-order valence-electron chi connectivity index (χ3n) is 3.59. The Morgan fingerprint density at radius 2 is 1.83 bits per heavy atom. The maximum Gasteiger partial charge on any atom is 0.409 e. The number of piperidine rings is 1. The van der Waals surface area contributed by atoms with Gasteiger partial charge in [-0.1, -0.05) is 19.8 Å². The van der Waals surface area contributed by atoms with E-state index in [4.69, 9.17) is 0 Å². The first-order chi connectivity index (χ1) is 8.38. The normalized spacial score (nSPS) is 19.6. The Kier molecular flexibility index (Phi) is 5.45. The van der Waals surface area contributed by atoms with Gasteiger partial charge >= 0.3 is 6.09 Å². The highest BCUT2D eigenvalue weighted by Gasteiger charge is 2.36. The van der Waals surface area contributed by atoms with Crippen LogP contribution in [0.15, 0.2) is 0 Å². The Balaban J connectivity index is 2.88. The first-order valence-electron chi connectivity index (χ1n) is 7.14. The molecule has 0 aromatic rings. The average Bonchev–Trinajstić information content (AvgIpc) is 2.27. The molecule has 0 aliphatic carbocycles. The zero-order chi connectivity index (χ0) is 13.8. The fourth-order valence-electron chi connectivity index (χ4n) is 2.81. The molecule has 1 aliphatic heterocycles. The van der Waals surface area contributed by atoms with Crippen LogP contribution in [0.1, 0.15) is 59.8 Å². The Labute approximate surface area is 111 Å². The van der Waals surface area contributed by atoms with E-state index in [9.17, 15) is 9.90 Å². The lowest BCUT2D eigenvalue weighted by Crippen LogP contribution is -2.58. The second-order valence-electron chi connectivity index (χ2n) is 6.19. The number of hydrogen-bond donors (Lipinski definition) is 1. The van der Waals surface area contributed by atoms with E-state index in [0.717, 1.165) is 25.9 Å². The van der Waals surface area contributed by atoms with Gasteiger partial charge in [0.05, 0.1) is 6.17 Å². The van der Waals surface area contributed by atoms with E-state index in [2.05, 4.69) is 11.8 Å². The van der Waals surface area contributed by atoms with Gasteiger partial charge in [0.2, 0.25) is 0 Å². The first-order valence-corrected chi connectivity index (χ1v) is 7.14. The van der Waals surface area contributed by atoms with Gasteiger partial charge in [0.15, 0.2) is 0 Å². The minimum absolute atomic E-state index is 0.0350. The van der Waals surface area contributed by atoms with Crippen molar-refractivity contribution >= 4 is 6.09 Å². The summed E-state index contributed by atoms with van der Waals surface area (Å²) in [6, 6.07) is 0. The van der Waals surface area contributed by atoms with Crippen molar-refractivity contribution in [1.29, 1.82) is 0 Å². The van der Waals surface area contributed by atoms with Crippen LogP contribution in [0.3, 0.4) is 0 Å². The summed E-state index contributed by atoms with van der Waals surface area (Å²) in [5.41, 5.74) is -0.344. The Morgan fingerprint density at radius 3 is 2.22 bits per heavy atom. The third-order valence-corrected chi connectivity index (χ3v) is 3.59. The van der Waals surface area contributed by atoms with E-state index in [1.807, 2.05) is 20.8 Å². The molecule has 1 saturated heterocycles. The minimum Gasteiger partial charge on any atom is -0.465 e. The van der Waals surface area contributed by atoms with Crippen molar-refractivity contribution in [2.45, 2.75) is 71.5 Å².